The highest BCUT2D eigenvalue weighted by Gasteiger charge is 2.24. The summed E-state index contributed by atoms with van der Waals surface area (Å²) in [7, 11) is 0. The lowest BCUT2D eigenvalue weighted by Crippen LogP contribution is -2.50. The number of aliphatic hydroxyl groups excluding tert-OH is 2. The molecule has 0 aromatic heterocycles. The predicted molar refractivity (Wildman–Crippen MR) is 168 cm³/mol. The van der Waals surface area contributed by atoms with Gasteiger partial charge in [-0.15, -0.1) is 12.4 Å². The summed E-state index contributed by atoms with van der Waals surface area (Å²) in [6, 6.07) is 30.9. The van der Waals surface area contributed by atoms with Crippen molar-refractivity contribution in [2.75, 3.05) is 31.1 Å². The zero-order valence-electron chi connectivity index (χ0n) is 24.1. The van der Waals surface area contributed by atoms with Crippen molar-refractivity contribution in [3.05, 3.63) is 125 Å². The maximum Gasteiger partial charge on any atom is 0.127 e. The fourth-order valence-electron chi connectivity index (χ4n) is 4.20. The standard InChI is InChI=1S/C17H19NO2.C14H13FO.C3H7NO.ClH/c1-13-7-15(18-10-16(19)11-18)9-17(8-13)20-12-14-5-3-2-4-6-14;1-11-7-13(15)9-14(8-11)16-10-12-5-3-2-4-6-12;5-3-1-4-2-3;/h2-9,16,19H,10-12H2,1H3;2-9H,10H2,1H3;3-5H,1-2H2;1H. The predicted octanol–water partition coefficient (Wildman–Crippen LogP) is 5.84. The van der Waals surface area contributed by atoms with E-state index in [0.29, 0.717) is 32.1 Å². The molecule has 2 aliphatic heterocycles. The van der Waals surface area contributed by atoms with Crippen LogP contribution in [0.1, 0.15) is 22.3 Å². The summed E-state index contributed by atoms with van der Waals surface area (Å²) < 4.78 is 24.5. The second kappa shape index (κ2) is 16.7. The Balaban J connectivity index is 0.000000197. The third kappa shape index (κ3) is 11.0. The van der Waals surface area contributed by atoms with Crippen LogP contribution >= 0.6 is 12.4 Å². The van der Waals surface area contributed by atoms with Gasteiger partial charge in [0, 0.05) is 44.0 Å². The Bertz CT molecular complexity index is 1330. The Labute approximate surface area is 254 Å². The summed E-state index contributed by atoms with van der Waals surface area (Å²) >= 11 is 0. The molecule has 2 saturated heterocycles. The van der Waals surface area contributed by atoms with Crippen LogP contribution in [0, 0.1) is 19.7 Å². The molecule has 0 amide bonds. The molecule has 2 heterocycles. The number of nitrogens with zero attached hydrogens (tertiary/aromatic N) is 1. The van der Waals surface area contributed by atoms with Crippen LogP contribution in [-0.4, -0.2) is 48.6 Å². The van der Waals surface area contributed by atoms with Gasteiger partial charge in [0.25, 0.3) is 0 Å². The number of aryl methyl sites for hydroxylation is 2. The van der Waals surface area contributed by atoms with Gasteiger partial charge >= 0.3 is 0 Å². The van der Waals surface area contributed by atoms with E-state index in [1.54, 1.807) is 0 Å². The van der Waals surface area contributed by atoms with Gasteiger partial charge in [-0.2, -0.15) is 0 Å². The van der Waals surface area contributed by atoms with Crippen molar-refractivity contribution < 1.29 is 24.1 Å². The van der Waals surface area contributed by atoms with E-state index in [2.05, 4.69) is 35.3 Å². The number of β-amino-alcohol motifs (C(OH)–C–C–N with tert-alkyl or cyclic N) is 2. The van der Waals surface area contributed by atoms with Crippen molar-refractivity contribution in [2.24, 2.45) is 0 Å². The van der Waals surface area contributed by atoms with Gasteiger partial charge in [0.2, 0.25) is 0 Å². The van der Waals surface area contributed by atoms with Crippen molar-refractivity contribution in [2.45, 2.75) is 39.3 Å². The van der Waals surface area contributed by atoms with Crippen molar-refractivity contribution in [3.8, 4) is 11.5 Å². The third-order valence-electron chi connectivity index (χ3n) is 6.54. The number of rotatable bonds is 7. The van der Waals surface area contributed by atoms with Gasteiger partial charge in [0.15, 0.2) is 0 Å². The second-order valence-electron chi connectivity index (χ2n) is 10.4. The minimum Gasteiger partial charge on any atom is -0.489 e. The zero-order valence-corrected chi connectivity index (χ0v) is 24.9. The van der Waals surface area contributed by atoms with Crippen molar-refractivity contribution in [1.29, 1.82) is 0 Å². The molecule has 4 aromatic carbocycles. The molecular weight excluding hydrogens is 555 g/mol. The molecule has 0 unspecified atom stereocenters. The monoisotopic (exact) mass is 594 g/mol. The number of hydrogen-bond acceptors (Lipinski definition) is 6. The van der Waals surface area contributed by atoms with Gasteiger partial charge in [-0.05, 0) is 60.4 Å². The quantitative estimate of drug-likeness (QED) is 0.250. The number of anilines is 1. The molecule has 0 saturated carbocycles. The molecule has 4 aromatic rings. The number of nitrogens with one attached hydrogen (secondary N) is 1. The first kappa shape index (κ1) is 32.9. The summed E-state index contributed by atoms with van der Waals surface area (Å²) in [5, 5.41) is 20.7. The highest BCUT2D eigenvalue weighted by atomic mass is 35.5. The molecule has 0 atom stereocenters. The first-order chi connectivity index (χ1) is 19.8. The van der Waals surface area contributed by atoms with E-state index in [1.165, 1.54) is 17.7 Å². The molecule has 0 radical (unpaired) electrons. The lowest BCUT2D eigenvalue weighted by atomic mass is 10.1. The maximum atomic E-state index is 13.1. The van der Waals surface area contributed by atoms with Crippen LogP contribution in [0.15, 0.2) is 97.1 Å². The number of ether oxygens (including phenoxy) is 2. The van der Waals surface area contributed by atoms with Crippen molar-refractivity contribution in [3.63, 3.8) is 0 Å². The van der Waals surface area contributed by atoms with Crippen LogP contribution < -0.4 is 19.7 Å². The Morgan fingerprint density at radius 1 is 0.714 bits per heavy atom. The molecule has 2 fully saturated rings. The van der Waals surface area contributed by atoms with Gasteiger partial charge in [-0.3, -0.25) is 0 Å². The van der Waals surface area contributed by atoms with Crippen LogP contribution in [-0.2, 0) is 13.2 Å². The summed E-state index contributed by atoms with van der Waals surface area (Å²) in [5.41, 5.74) is 5.40. The molecule has 6 nitrogen and oxygen atoms in total. The largest absolute Gasteiger partial charge is 0.489 e. The average Bonchev–Trinajstić information content (AvgIpc) is 2.93. The van der Waals surface area contributed by atoms with Gasteiger partial charge < -0.3 is 29.9 Å². The molecule has 6 rings (SSSR count). The van der Waals surface area contributed by atoms with Crippen LogP contribution in [0.25, 0.3) is 0 Å². The molecule has 0 spiro atoms. The van der Waals surface area contributed by atoms with Gasteiger partial charge in [0.1, 0.15) is 30.5 Å². The summed E-state index contributed by atoms with van der Waals surface area (Å²) in [4.78, 5) is 2.16. The van der Waals surface area contributed by atoms with Crippen LogP contribution in [0.3, 0.4) is 0 Å². The van der Waals surface area contributed by atoms with E-state index < -0.39 is 0 Å². The first-order valence-electron chi connectivity index (χ1n) is 13.9. The number of benzene rings is 4. The average molecular weight is 595 g/mol. The summed E-state index contributed by atoms with van der Waals surface area (Å²) in [5.74, 6) is 1.19. The number of hydrogen-bond donors (Lipinski definition) is 3. The Kier molecular flexibility index (Phi) is 13.1. The molecule has 2 aliphatic rings. The Morgan fingerprint density at radius 2 is 1.19 bits per heavy atom. The lowest BCUT2D eigenvalue weighted by Gasteiger charge is -2.38. The summed E-state index contributed by atoms with van der Waals surface area (Å²) in [6.45, 7) is 7.95. The first-order valence-corrected chi connectivity index (χ1v) is 13.9. The van der Waals surface area contributed by atoms with E-state index >= 15 is 0 Å². The SMILES string of the molecule is Cc1cc(F)cc(OCc2ccccc2)c1.Cc1cc(OCc2ccccc2)cc(N2CC(O)C2)c1.Cl.OC1CNC1. The Hall–Kier alpha value is -3.62. The number of aliphatic hydroxyl groups is 2. The van der Waals surface area contributed by atoms with Crippen LogP contribution in [0.2, 0.25) is 0 Å². The molecule has 0 aliphatic carbocycles. The van der Waals surface area contributed by atoms with Gasteiger partial charge in [-0.1, -0.05) is 60.7 Å². The molecule has 42 heavy (non-hydrogen) atoms. The maximum absolute atomic E-state index is 13.1. The Morgan fingerprint density at radius 3 is 1.62 bits per heavy atom. The van der Waals surface area contributed by atoms with Crippen LogP contribution in [0.4, 0.5) is 10.1 Å². The normalized spacial score (nSPS) is 14.1. The van der Waals surface area contributed by atoms with E-state index in [-0.39, 0.29) is 30.4 Å². The lowest BCUT2D eigenvalue weighted by molar-refractivity contribution is 0.117. The smallest absolute Gasteiger partial charge is 0.127 e. The fourth-order valence-corrected chi connectivity index (χ4v) is 4.20. The van der Waals surface area contributed by atoms with Crippen molar-refractivity contribution >= 4 is 18.1 Å². The fraction of sp³-hybridized carbons (Fsp3) is 0.294. The molecule has 8 heteroatoms. The van der Waals surface area contributed by atoms with Crippen LogP contribution in [0.5, 0.6) is 11.5 Å². The molecule has 3 N–H and O–H groups in total. The third-order valence-corrected chi connectivity index (χ3v) is 6.54. The second-order valence-corrected chi connectivity index (χ2v) is 10.4. The van der Waals surface area contributed by atoms with E-state index in [0.717, 1.165) is 41.2 Å². The number of halogens is 2. The molecule has 224 valence electrons. The highest BCUT2D eigenvalue weighted by molar-refractivity contribution is 5.85. The van der Waals surface area contributed by atoms with E-state index in [9.17, 15) is 9.50 Å². The van der Waals surface area contributed by atoms with Crippen molar-refractivity contribution in [1.82, 2.24) is 5.32 Å². The summed E-state index contributed by atoms with van der Waals surface area (Å²) in [6.07, 6.45) is -0.237. The minimum atomic E-state index is -0.261. The van der Waals surface area contributed by atoms with E-state index in [4.69, 9.17) is 14.6 Å². The molecule has 0 bridgehead atoms. The zero-order chi connectivity index (χ0) is 29.0. The van der Waals surface area contributed by atoms with E-state index in [1.807, 2.05) is 73.7 Å². The topological polar surface area (TPSA) is 74.2 Å². The molecular formula is C34H40ClFN2O4. The van der Waals surface area contributed by atoms with Gasteiger partial charge in [-0.25, -0.2) is 4.39 Å². The minimum absolute atomic E-state index is 0. The highest BCUT2D eigenvalue weighted by Crippen LogP contribution is 2.27. The van der Waals surface area contributed by atoms with Gasteiger partial charge in [0.05, 0.1) is 12.2 Å².